The molecule has 0 rings (SSSR count). The van der Waals surface area contributed by atoms with Crippen molar-refractivity contribution in [3.05, 3.63) is 0 Å². The molecule has 0 aliphatic carbocycles. The van der Waals surface area contributed by atoms with Gasteiger partial charge in [-0.1, -0.05) is 7.43 Å². The van der Waals surface area contributed by atoms with Crippen LogP contribution in [0.4, 0.5) is 0 Å². The van der Waals surface area contributed by atoms with Crippen molar-refractivity contribution in [2.24, 2.45) is 0 Å². The van der Waals surface area contributed by atoms with Crippen molar-refractivity contribution in [1.29, 1.82) is 0 Å². The average Bonchev–Trinajstić information content (AvgIpc) is 0.722. The van der Waals surface area contributed by atoms with E-state index in [2.05, 4.69) is 0 Å². The smallest absolute Gasteiger partial charge is 0.759 e. The summed E-state index contributed by atoms with van der Waals surface area (Å²) < 4.78 is 34.1. The van der Waals surface area contributed by atoms with Gasteiger partial charge >= 0.3 is 22.4 Å². The fourth-order valence-electron chi connectivity index (χ4n) is 0. The van der Waals surface area contributed by atoms with Crippen LogP contribution in [-0.2, 0) is 32.8 Å². The Morgan fingerprint density at radius 2 is 1.14 bits per heavy atom. The molecule has 0 aromatic rings. The van der Waals surface area contributed by atoms with E-state index in [4.69, 9.17) is 17.5 Å². The fourth-order valence-corrected chi connectivity index (χ4v) is 0. The number of rotatable bonds is 0. The quantitative estimate of drug-likeness (QED) is 0.307. The summed E-state index contributed by atoms with van der Waals surface area (Å²) in [6, 6.07) is 0. The molecule has 49 valence electrons. The zero-order valence-electron chi connectivity index (χ0n) is 2.34. The van der Waals surface area contributed by atoms with E-state index in [1.807, 2.05) is 0 Å². The van der Waals surface area contributed by atoms with Gasteiger partial charge in [-0.05, 0) is 0 Å². The van der Waals surface area contributed by atoms with Crippen LogP contribution in [0.25, 0.3) is 0 Å². The van der Waals surface area contributed by atoms with Gasteiger partial charge in [0.25, 0.3) is 0 Å². The van der Waals surface area contributed by atoms with Gasteiger partial charge in [-0.3, -0.25) is 8.42 Å². The maximum absolute atomic E-state index is 8.52. The Balaban J connectivity index is -0.0000000800. The van der Waals surface area contributed by atoms with E-state index in [1.54, 1.807) is 0 Å². The third-order valence-electron chi connectivity index (χ3n) is 0. The van der Waals surface area contributed by atoms with E-state index in [1.165, 1.54) is 0 Å². The second kappa shape index (κ2) is 4.76. The van der Waals surface area contributed by atoms with Gasteiger partial charge in [0.15, 0.2) is 0 Å². The van der Waals surface area contributed by atoms with E-state index < -0.39 is 10.4 Å². The van der Waals surface area contributed by atoms with Crippen LogP contribution in [0.15, 0.2) is 0 Å². The molecule has 6 heteroatoms. The minimum Gasteiger partial charge on any atom is -0.759 e. The second-order valence-electron chi connectivity index (χ2n) is 0.408. The molecule has 4 nitrogen and oxygen atoms in total. The average molecular weight is 220 g/mol. The van der Waals surface area contributed by atoms with Gasteiger partial charge in [0.05, 0.1) is 0 Å². The van der Waals surface area contributed by atoms with Gasteiger partial charge in [-0.15, -0.1) is 0 Å². The Labute approximate surface area is 58.0 Å². The minimum atomic E-state index is -5.17. The first-order valence-corrected chi connectivity index (χ1v) is 2.00. The molecule has 0 amide bonds. The zero-order chi connectivity index (χ0) is 4.50. The molecule has 0 saturated heterocycles. The van der Waals surface area contributed by atoms with E-state index in [-0.39, 0.29) is 29.8 Å². The second-order valence-corrected chi connectivity index (χ2v) is 1.22. The molecule has 0 aliphatic rings. The Bertz CT molecular complexity index is 94.9. The van der Waals surface area contributed by atoms with E-state index in [9.17, 15) is 0 Å². The topological polar surface area (TPSA) is 80.3 Å². The summed E-state index contributed by atoms with van der Waals surface area (Å²) in [4.78, 5) is 0. The Hall–Kier alpha value is 0.610. The van der Waals surface area contributed by atoms with Gasteiger partial charge in [-0.25, -0.2) is 0 Å². The maximum atomic E-state index is 8.52. The third-order valence-corrected chi connectivity index (χ3v) is 0. The summed E-state index contributed by atoms with van der Waals surface area (Å²) in [7, 11) is -5.17. The van der Waals surface area contributed by atoms with Crippen molar-refractivity contribution in [2.45, 2.75) is 7.43 Å². The van der Waals surface area contributed by atoms with Crippen LogP contribution in [0.1, 0.15) is 7.43 Å². The zero-order valence-corrected chi connectivity index (χ0v) is 4.64. The molecule has 0 fully saturated rings. The molecule has 0 aromatic heterocycles. The first kappa shape index (κ1) is 15.6. The van der Waals surface area contributed by atoms with Gasteiger partial charge in [0, 0.05) is 10.4 Å². The van der Waals surface area contributed by atoms with Crippen LogP contribution < -0.4 is 0 Å². The first-order valence-electron chi connectivity index (χ1n) is 0.667. The van der Waals surface area contributed by atoms with Crippen molar-refractivity contribution in [3.8, 4) is 0 Å². The predicted octanol–water partition coefficient (Wildman–Crippen LogP) is -0.704. The molecule has 0 saturated carbocycles. The monoisotopic (exact) mass is 219 g/mol. The van der Waals surface area contributed by atoms with Crippen LogP contribution in [-0.4, -0.2) is 17.5 Å². The van der Waals surface area contributed by atoms with Gasteiger partial charge in [-0.2, -0.15) is 0 Å². The van der Waals surface area contributed by atoms with Crippen LogP contribution >= 0.6 is 0 Å². The molecular weight excluding hydrogens is 216 g/mol. The standard InChI is InChI=1S/CH4.Ag.H2O4S/c;;1-5(2,3)4/h1H4;;(H2,1,2,3,4)/q;+2;/p-2. The summed E-state index contributed by atoms with van der Waals surface area (Å²) in [6.45, 7) is 0. The van der Waals surface area contributed by atoms with Crippen LogP contribution in [0, 0.1) is 0 Å². The van der Waals surface area contributed by atoms with Gasteiger partial charge in [0.2, 0.25) is 0 Å². The van der Waals surface area contributed by atoms with Crippen LogP contribution in [0.5, 0.6) is 0 Å². The molecule has 0 heterocycles. The van der Waals surface area contributed by atoms with Gasteiger partial charge in [0.1, 0.15) is 0 Å². The summed E-state index contributed by atoms with van der Waals surface area (Å²) in [5.74, 6) is 0. The molecule has 0 aliphatic heterocycles. The molecule has 0 N–H and O–H groups in total. The molecule has 1 radical (unpaired) electrons. The Morgan fingerprint density at radius 1 is 1.14 bits per heavy atom. The van der Waals surface area contributed by atoms with E-state index in [0.29, 0.717) is 0 Å². The SMILES string of the molecule is C.O=S(=O)([O-])[O-].[Ag+2]. The van der Waals surface area contributed by atoms with E-state index in [0.717, 1.165) is 0 Å². The van der Waals surface area contributed by atoms with Crippen LogP contribution in [0.2, 0.25) is 0 Å². The number of hydrogen-bond donors (Lipinski definition) is 0. The molecule has 0 aromatic carbocycles. The molecule has 0 bridgehead atoms. The summed E-state index contributed by atoms with van der Waals surface area (Å²) in [5.41, 5.74) is 0. The van der Waals surface area contributed by atoms with Crippen molar-refractivity contribution < 1.29 is 39.9 Å². The maximum Gasteiger partial charge on any atom is 2.00 e. The predicted molar refractivity (Wildman–Crippen MR) is 17.2 cm³/mol. The molecule has 0 unspecified atom stereocenters. The fraction of sp³-hybridized carbons (Fsp3) is 1.00. The van der Waals surface area contributed by atoms with Crippen molar-refractivity contribution in [3.63, 3.8) is 0 Å². The minimum absolute atomic E-state index is 0. The molecular formula is CH4AgO4S. The first-order chi connectivity index (χ1) is 2.00. The largest absolute Gasteiger partial charge is 2.00 e. The molecule has 7 heavy (non-hydrogen) atoms. The van der Waals surface area contributed by atoms with Crippen LogP contribution in [0.3, 0.4) is 0 Å². The van der Waals surface area contributed by atoms with E-state index >= 15 is 0 Å². The summed E-state index contributed by atoms with van der Waals surface area (Å²) in [6.07, 6.45) is 0. The Kier molecular flexibility index (Phi) is 10.6. The van der Waals surface area contributed by atoms with Crippen molar-refractivity contribution in [2.75, 3.05) is 0 Å². The van der Waals surface area contributed by atoms with Gasteiger partial charge < -0.3 is 9.11 Å². The third kappa shape index (κ3) is 377. The number of hydrogen-bond acceptors (Lipinski definition) is 4. The van der Waals surface area contributed by atoms with Crippen molar-refractivity contribution in [1.82, 2.24) is 0 Å². The molecule has 0 atom stereocenters. The summed E-state index contributed by atoms with van der Waals surface area (Å²) >= 11 is 0. The molecule has 0 spiro atoms. The summed E-state index contributed by atoms with van der Waals surface area (Å²) in [5, 5.41) is 0. The van der Waals surface area contributed by atoms with Crippen molar-refractivity contribution >= 4 is 10.4 Å². The normalized spacial score (nSPS) is 8.29. The Morgan fingerprint density at radius 3 is 1.14 bits per heavy atom.